The number of pyridine rings is 1. The van der Waals surface area contributed by atoms with Crippen molar-refractivity contribution in [3.8, 4) is 0 Å². The van der Waals surface area contributed by atoms with Crippen LogP contribution in [0.4, 0.5) is 5.82 Å². The molecule has 136 valence electrons. The lowest BCUT2D eigenvalue weighted by atomic mass is 10.1. The molecule has 26 heavy (non-hydrogen) atoms. The van der Waals surface area contributed by atoms with Gasteiger partial charge in [0.25, 0.3) is 5.91 Å². The quantitative estimate of drug-likeness (QED) is 0.517. The van der Waals surface area contributed by atoms with E-state index in [9.17, 15) is 4.79 Å². The fraction of sp³-hybridized carbons (Fsp3) is 0.300. The number of methoxy groups -OCH3 is 1. The van der Waals surface area contributed by atoms with Crippen LogP contribution in [0.15, 0.2) is 48.8 Å². The van der Waals surface area contributed by atoms with Gasteiger partial charge in [-0.2, -0.15) is 0 Å². The Bertz CT molecular complexity index is 860. The first-order valence-electron chi connectivity index (χ1n) is 8.80. The van der Waals surface area contributed by atoms with Crippen molar-refractivity contribution in [1.82, 2.24) is 15.3 Å². The molecule has 0 atom stereocenters. The SMILES string of the molecule is COCCCNC(=O)c1ccnc(NCCc2c[nH]c3ccccc23)c1. The smallest absolute Gasteiger partial charge is 0.251 e. The number of aromatic nitrogens is 2. The number of benzene rings is 1. The lowest BCUT2D eigenvalue weighted by molar-refractivity contribution is 0.0948. The molecule has 0 aliphatic rings. The summed E-state index contributed by atoms with van der Waals surface area (Å²) >= 11 is 0. The monoisotopic (exact) mass is 352 g/mol. The summed E-state index contributed by atoms with van der Waals surface area (Å²) < 4.78 is 4.98. The lowest BCUT2D eigenvalue weighted by Gasteiger charge is -2.08. The predicted molar refractivity (Wildman–Crippen MR) is 104 cm³/mol. The number of rotatable bonds is 9. The summed E-state index contributed by atoms with van der Waals surface area (Å²) in [6, 6.07) is 11.8. The average molecular weight is 352 g/mol. The number of nitrogens with one attached hydrogen (secondary N) is 3. The zero-order valence-electron chi connectivity index (χ0n) is 14.9. The van der Waals surface area contributed by atoms with Gasteiger partial charge in [-0.15, -0.1) is 0 Å². The summed E-state index contributed by atoms with van der Waals surface area (Å²) in [7, 11) is 1.65. The van der Waals surface area contributed by atoms with E-state index in [0.29, 0.717) is 24.5 Å². The number of H-pyrrole nitrogens is 1. The Morgan fingerprint density at radius 3 is 3.00 bits per heavy atom. The predicted octanol–water partition coefficient (Wildman–Crippen LogP) is 2.98. The Labute approximate surface area is 153 Å². The van der Waals surface area contributed by atoms with Crippen LogP contribution in [0.1, 0.15) is 22.3 Å². The molecule has 0 saturated heterocycles. The topological polar surface area (TPSA) is 79.0 Å². The number of carbonyl (C=O) groups is 1. The van der Waals surface area contributed by atoms with Gasteiger partial charge in [-0.1, -0.05) is 18.2 Å². The maximum absolute atomic E-state index is 12.2. The van der Waals surface area contributed by atoms with Gasteiger partial charge in [0, 0.05) is 55.7 Å². The van der Waals surface area contributed by atoms with Crippen molar-refractivity contribution in [2.45, 2.75) is 12.8 Å². The normalized spacial score (nSPS) is 10.8. The number of hydrogen-bond acceptors (Lipinski definition) is 4. The molecule has 2 aromatic heterocycles. The van der Waals surface area contributed by atoms with Gasteiger partial charge < -0.3 is 20.4 Å². The van der Waals surface area contributed by atoms with Gasteiger partial charge in [0.15, 0.2) is 0 Å². The van der Waals surface area contributed by atoms with Crippen molar-refractivity contribution >= 4 is 22.6 Å². The van der Waals surface area contributed by atoms with Crippen LogP contribution in [0.5, 0.6) is 0 Å². The van der Waals surface area contributed by atoms with E-state index in [4.69, 9.17) is 4.74 Å². The molecular formula is C20H24N4O2. The number of para-hydroxylation sites is 1. The van der Waals surface area contributed by atoms with E-state index < -0.39 is 0 Å². The van der Waals surface area contributed by atoms with E-state index in [1.165, 1.54) is 10.9 Å². The van der Waals surface area contributed by atoms with Gasteiger partial charge in [-0.05, 0) is 36.6 Å². The van der Waals surface area contributed by atoms with Crippen LogP contribution in [0.3, 0.4) is 0 Å². The highest BCUT2D eigenvalue weighted by molar-refractivity contribution is 5.94. The molecule has 0 aliphatic carbocycles. The number of nitrogens with zero attached hydrogens (tertiary/aromatic N) is 1. The van der Waals surface area contributed by atoms with Crippen LogP contribution < -0.4 is 10.6 Å². The van der Waals surface area contributed by atoms with E-state index in [1.807, 2.05) is 18.3 Å². The van der Waals surface area contributed by atoms with Gasteiger partial charge in [0.1, 0.15) is 5.82 Å². The Morgan fingerprint density at radius 1 is 1.23 bits per heavy atom. The molecule has 1 amide bonds. The largest absolute Gasteiger partial charge is 0.385 e. The Kier molecular flexibility index (Phi) is 6.22. The number of anilines is 1. The van der Waals surface area contributed by atoms with E-state index >= 15 is 0 Å². The van der Waals surface area contributed by atoms with Crippen molar-refractivity contribution in [2.75, 3.05) is 32.1 Å². The van der Waals surface area contributed by atoms with Crippen molar-refractivity contribution in [1.29, 1.82) is 0 Å². The highest BCUT2D eigenvalue weighted by atomic mass is 16.5. The Hall–Kier alpha value is -2.86. The van der Waals surface area contributed by atoms with E-state index in [0.717, 1.165) is 24.9 Å². The second kappa shape index (κ2) is 9.01. The highest BCUT2D eigenvalue weighted by Crippen LogP contribution is 2.18. The fourth-order valence-electron chi connectivity index (χ4n) is 2.85. The van der Waals surface area contributed by atoms with Crippen LogP contribution in [0.2, 0.25) is 0 Å². The molecule has 0 unspecified atom stereocenters. The summed E-state index contributed by atoms with van der Waals surface area (Å²) in [4.78, 5) is 19.7. The molecule has 0 fully saturated rings. The van der Waals surface area contributed by atoms with Crippen LogP contribution in [-0.2, 0) is 11.2 Å². The first kappa shape index (κ1) is 17.9. The first-order valence-corrected chi connectivity index (χ1v) is 8.80. The van der Waals surface area contributed by atoms with Gasteiger partial charge in [-0.3, -0.25) is 4.79 Å². The van der Waals surface area contributed by atoms with Crippen LogP contribution >= 0.6 is 0 Å². The molecule has 2 heterocycles. The van der Waals surface area contributed by atoms with Crippen molar-refractivity contribution < 1.29 is 9.53 Å². The average Bonchev–Trinajstić information content (AvgIpc) is 3.09. The molecule has 3 N–H and O–H groups in total. The number of amides is 1. The van der Waals surface area contributed by atoms with E-state index in [-0.39, 0.29) is 5.91 Å². The van der Waals surface area contributed by atoms with Gasteiger partial charge in [0.05, 0.1) is 0 Å². The summed E-state index contributed by atoms with van der Waals surface area (Å²) in [6.45, 7) is 1.98. The highest BCUT2D eigenvalue weighted by Gasteiger charge is 2.07. The van der Waals surface area contributed by atoms with Crippen LogP contribution in [0, 0.1) is 0 Å². The third-order valence-electron chi connectivity index (χ3n) is 4.21. The van der Waals surface area contributed by atoms with E-state index in [1.54, 1.807) is 25.4 Å². The molecule has 0 saturated carbocycles. The van der Waals surface area contributed by atoms with Crippen molar-refractivity contribution in [3.05, 3.63) is 59.9 Å². The number of ether oxygens (including phenoxy) is 1. The summed E-state index contributed by atoms with van der Waals surface area (Å²) in [6.07, 6.45) is 5.37. The molecule has 6 nitrogen and oxygen atoms in total. The molecule has 0 spiro atoms. The molecule has 3 aromatic rings. The maximum atomic E-state index is 12.2. The van der Waals surface area contributed by atoms with Gasteiger partial charge in [0.2, 0.25) is 0 Å². The third-order valence-corrected chi connectivity index (χ3v) is 4.21. The minimum atomic E-state index is -0.0943. The minimum absolute atomic E-state index is 0.0943. The molecule has 6 heteroatoms. The zero-order chi connectivity index (χ0) is 18.2. The summed E-state index contributed by atoms with van der Waals surface area (Å²) in [5, 5.41) is 7.42. The van der Waals surface area contributed by atoms with Crippen molar-refractivity contribution in [3.63, 3.8) is 0 Å². The van der Waals surface area contributed by atoms with Gasteiger partial charge in [-0.25, -0.2) is 4.98 Å². The number of carbonyl (C=O) groups excluding carboxylic acids is 1. The molecule has 3 rings (SSSR count). The molecule has 1 aromatic carbocycles. The first-order chi connectivity index (χ1) is 12.8. The maximum Gasteiger partial charge on any atom is 0.251 e. The Balaban J connectivity index is 1.53. The molecular weight excluding hydrogens is 328 g/mol. The summed E-state index contributed by atoms with van der Waals surface area (Å²) in [5.41, 5.74) is 3.01. The van der Waals surface area contributed by atoms with E-state index in [2.05, 4.69) is 32.7 Å². The molecule has 0 radical (unpaired) electrons. The van der Waals surface area contributed by atoms with Crippen LogP contribution in [0.25, 0.3) is 10.9 Å². The second-order valence-corrected chi connectivity index (χ2v) is 6.07. The molecule has 0 bridgehead atoms. The fourth-order valence-corrected chi connectivity index (χ4v) is 2.85. The lowest BCUT2D eigenvalue weighted by Crippen LogP contribution is -2.25. The second-order valence-electron chi connectivity index (χ2n) is 6.07. The number of hydrogen-bond donors (Lipinski definition) is 3. The number of aromatic amines is 1. The summed E-state index contributed by atoms with van der Waals surface area (Å²) in [5.74, 6) is 0.609. The number of fused-ring (bicyclic) bond motifs is 1. The standard InChI is InChI=1S/C20H24N4O2/c1-26-12-4-9-23-20(25)15-7-10-21-19(13-15)22-11-8-16-14-24-18-6-3-2-5-17(16)18/h2-3,5-7,10,13-14,24H,4,8-9,11-12H2,1H3,(H,21,22)(H,23,25). The third kappa shape index (κ3) is 4.61. The van der Waals surface area contributed by atoms with Crippen LogP contribution in [-0.4, -0.2) is 42.7 Å². The van der Waals surface area contributed by atoms with Gasteiger partial charge >= 0.3 is 0 Å². The zero-order valence-corrected chi connectivity index (χ0v) is 14.9. The molecule has 0 aliphatic heterocycles. The minimum Gasteiger partial charge on any atom is -0.385 e. The van der Waals surface area contributed by atoms with Crippen molar-refractivity contribution in [2.24, 2.45) is 0 Å². The Morgan fingerprint density at radius 2 is 2.12 bits per heavy atom.